The van der Waals surface area contributed by atoms with Crippen LogP contribution in [0.1, 0.15) is 77.7 Å². The summed E-state index contributed by atoms with van der Waals surface area (Å²) in [6, 6.07) is 7.02. The minimum absolute atomic E-state index is 0.0199. The third-order valence-corrected chi connectivity index (χ3v) is 6.03. The van der Waals surface area contributed by atoms with E-state index in [4.69, 9.17) is 9.47 Å². The Bertz CT molecular complexity index is 736. The Morgan fingerprint density at radius 2 is 1.75 bits per heavy atom. The Hall–Kier alpha value is -2.28. The third-order valence-electron chi connectivity index (χ3n) is 6.03. The standard InChI is InChI=1S/C25H39NO6/c1-24(2,3)32-23(30)26-25(22(28)29,16-19-11-14-21(31-4)15-12-19)17-20(27)13-10-18-8-6-5-7-9-18/h11-12,14-15,18,20,27H,5-10,13,16-17H2,1-4H3,(H,26,30)(H,28,29)/t20-,25+/m0/s1. The van der Waals surface area contributed by atoms with Crippen LogP contribution in [0.25, 0.3) is 0 Å². The first-order valence-electron chi connectivity index (χ1n) is 11.6. The maximum Gasteiger partial charge on any atom is 0.408 e. The van der Waals surface area contributed by atoms with Crippen LogP contribution in [0, 0.1) is 5.92 Å². The van der Waals surface area contributed by atoms with Crippen LogP contribution < -0.4 is 10.1 Å². The van der Waals surface area contributed by atoms with Gasteiger partial charge in [-0.2, -0.15) is 0 Å². The second-order valence-corrected chi connectivity index (χ2v) is 9.98. The lowest BCUT2D eigenvalue weighted by Crippen LogP contribution is -2.58. The first kappa shape index (κ1) is 26.0. The molecule has 1 aromatic rings. The predicted octanol–water partition coefficient (Wildman–Crippen LogP) is 4.70. The summed E-state index contributed by atoms with van der Waals surface area (Å²) in [5, 5.41) is 23.6. The molecule has 2 atom stereocenters. The summed E-state index contributed by atoms with van der Waals surface area (Å²) < 4.78 is 10.5. The van der Waals surface area contributed by atoms with E-state index in [2.05, 4.69) is 5.32 Å². The fraction of sp³-hybridized carbons (Fsp3) is 0.680. The lowest BCUT2D eigenvalue weighted by atomic mass is 9.81. The minimum Gasteiger partial charge on any atom is -0.497 e. The minimum atomic E-state index is -1.69. The quantitative estimate of drug-likeness (QED) is 0.478. The van der Waals surface area contributed by atoms with Gasteiger partial charge in [0.1, 0.15) is 16.9 Å². The molecule has 7 nitrogen and oxygen atoms in total. The van der Waals surface area contributed by atoms with E-state index in [1.54, 1.807) is 52.1 Å². The van der Waals surface area contributed by atoms with Gasteiger partial charge in [0, 0.05) is 12.8 Å². The van der Waals surface area contributed by atoms with E-state index in [0.29, 0.717) is 23.7 Å². The zero-order valence-corrected chi connectivity index (χ0v) is 19.9. The van der Waals surface area contributed by atoms with E-state index < -0.39 is 29.3 Å². The average molecular weight is 450 g/mol. The number of carbonyl (C=O) groups is 2. The van der Waals surface area contributed by atoms with Crippen LogP contribution in [0.5, 0.6) is 5.75 Å². The van der Waals surface area contributed by atoms with Crippen molar-refractivity contribution < 1.29 is 29.3 Å². The molecule has 180 valence electrons. The van der Waals surface area contributed by atoms with Gasteiger partial charge in [-0.1, -0.05) is 44.2 Å². The van der Waals surface area contributed by atoms with Gasteiger partial charge in [-0.05, 0) is 57.2 Å². The van der Waals surface area contributed by atoms with Gasteiger partial charge in [-0.25, -0.2) is 9.59 Å². The van der Waals surface area contributed by atoms with Gasteiger partial charge >= 0.3 is 12.1 Å². The average Bonchev–Trinajstić information content (AvgIpc) is 2.72. The number of hydrogen-bond acceptors (Lipinski definition) is 5. The first-order chi connectivity index (χ1) is 15.0. The molecular formula is C25H39NO6. The Morgan fingerprint density at radius 3 is 2.28 bits per heavy atom. The van der Waals surface area contributed by atoms with Crippen molar-refractivity contribution >= 4 is 12.1 Å². The van der Waals surface area contributed by atoms with Crippen LogP contribution in [-0.4, -0.2) is 46.6 Å². The number of carbonyl (C=O) groups excluding carboxylic acids is 1. The van der Waals surface area contributed by atoms with Gasteiger partial charge in [-0.3, -0.25) is 0 Å². The summed E-state index contributed by atoms with van der Waals surface area (Å²) in [7, 11) is 1.56. The van der Waals surface area contributed by atoms with Crippen molar-refractivity contribution in [2.75, 3.05) is 7.11 Å². The molecule has 0 radical (unpaired) electrons. The number of aliphatic hydroxyl groups excluding tert-OH is 1. The van der Waals surface area contributed by atoms with Gasteiger partial charge in [0.05, 0.1) is 13.2 Å². The fourth-order valence-corrected chi connectivity index (χ4v) is 4.38. The molecule has 0 spiro atoms. The zero-order chi connectivity index (χ0) is 23.8. The van der Waals surface area contributed by atoms with E-state index in [1.165, 1.54) is 32.1 Å². The smallest absolute Gasteiger partial charge is 0.408 e. The summed E-state index contributed by atoms with van der Waals surface area (Å²) in [6.07, 6.45) is 5.68. The third kappa shape index (κ3) is 8.34. The number of nitrogens with one attached hydrogen (secondary N) is 1. The molecule has 0 heterocycles. The predicted molar refractivity (Wildman–Crippen MR) is 123 cm³/mol. The largest absolute Gasteiger partial charge is 0.497 e. The normalized spacial score (nSPS) is 17.8. The van der Waals surface area contributed by atoms with E-state index >= 15 is 0 Å². The van der Waals surface area contributed by atoms with E-state index in [9.17, 15) is 19.8 Å². The topological polar surface area (TPSA) is 105 Å². The molecule has 1 fully saturated rings. The highest BCUT2D eigenvalue weighted by molar-refractivity contribution is 5.85. The molecule has 1 aliphatic rings. The molecule has 0 saturated heterocycles. The number of aliphatic hydroxyl groups is 1. The van der Waals surface area contributed by atoms with Crippen molar-refractivity contribution in [1.29, 1.82) is 0 Å². The fourth-order valence-electron chi connectivity index (χ4n) is 4.38. The first-order valence-corrected chi connectivity index (χ1v) is 11.6. The molecule has 3 N–H and O–H groups in total. The Labute approximate surface area is 191 Å². The number of benzene rings is 1. The Balaban J connectivity index is 2.18. The number of aliphatic carboxylic acids is 1. The monoisotopic (exact) mass is 449 g/mol. The summed E-state index contributed by atoms with van der Waals surface area (Å²) in [4.78, 5) is 25.0. The van der Waals surface area contributed by atoms with Crippen molar-refractivity contribution in [2.24, 2.45) is 5.92 Å². The number of alkyl carbamates (subject to hydrolysis) is 1. The molecule has 1 amide bonds. The molecule has 1 aliphatic carbocycles. The highest BCUT2D eigenvalue weighted by Gasteiger charge is 2.43. The van der Waals surface area contributed by atoms with Crippen LogP contribution in [0.15, 0.2) is 24.3 Å². The number of carboxylic acid groups (broad SMARTS) is 1. The lowest BCUT2D eigenvalue weighted by Gasteiger charge is -2.34. The second-order valence-electron chi connectivity index (χ2n) is 9.98. The van der Waals surface area contributed by atoms with E-state index in [1.807, 2.05) is 0 Å². The van der Waals surface area contributed by atoms with Crippen molar-refractivity contribution in [3.63, 3.8) is 0 Å². The highest BCUT2D eigenvalue weighted by Crippen LogP contribution is 2.30. The number of hydrogen-bond donors (Lipinski definition) is 3. The number of methoxy groups -OCH3 is 1. The van der Waals surface area contributed by atoms with Crippen LogP contribution in [-0.2, 0) is 16.0 Å². The molecule has 1 saturated carbocycles. The van der Waals surface area contributed by atoms with E-state index in [0.717, 1.165) is 6.42 Å². The molecule has 0 aliphatic heterocycles. The van der Waals surface area contributed by atoms with E-state index in [-0.39, 0.29) is 12.8 Å². The Morgan fingerprint density at radius 1 is 1.12 bits per heavy atom. The van der Waals surface area contributed by atoms with Gasteiger partial charge < -0.3 is 25.0 Å². The maximum absolute atomic E-state index is 12.6. The van der Waals surface area contributed by atoms with Gasteiger partial charge in [0.25, 0.3) is 0 Å². The van der Waals surface area contributed by atoms with Gasteiger partial charge in [0.2, 0.25) is 0 Å². The van der Waals surface area contributed by atoms with Crippen molar-refractivity contribution in [1.82, 2.24) is 5.32 Å². The summed E-state index contributed by atoms with van der Waals surface area (Å²) in [5.41, 5.74) is -1.75. The van der Waals surface area contributed by atoms with Crippen LogP contribution >= 0.6 is 0 Å². The highest BCUT2D eigenvalue weighted by atomic mass is 16.6. The number of carboxylic acids is 1. The maximum atomic E-state index is 12.6. The molecule has 7 heteroatoms. The van der Waals surface area contributed by atoms with Crippen LogP contribution in [0.3, 0.4) is 0 Å². The van der Waals surface area contributed by atoms with Crippen LogP contribution in [0.2, 0.25) is 0 Å². The van der Waals surface area contributed by atoms with Crippen molar-refractivity contribution in [3.05, 3.63) is 29.8 Å². The summed E-state index contributed by atoms with van der Waals surface area (Å²) in [6.45, 7) is 5.16. The summed E-state index contributed by atoms with van der Waals surface area (Å²) in [5.74, 6) is 0.0382. The molecule has 0 aromatic heterocycles. The SMILES string of the molecule is COc1ccc(C[C@](C[C@@H](O)CCC2CCCCC2)(NC(=O)OC(C)(C)C)C(=O)O)cc1. The Kier molecular flexibility index (Phi) is 9.37. The molecule has 0 bridgehead atoms. The van der Waals surface area contributed by atoms with Gasteiger partial charge in [0.15, 0.2) is 0 Å². The van der Waals surface area contributed by atoms with Crippen molar-refractivity contribution in [3.8, 4) is 5.75 Å². The summed E-state index contributed by atoms with van der Waals surface area (Å²) >= 11 is 0. The zero-order valence-electron chi connectivity index (χ0n) is 19.9. The molecule has 0 unspecified atom stereocenters. The number of amides is 1. The van der Waals surface area contributed by atoms with Gasteiger partial charge in [-0.15, -0.1) is 0 Å². The molecule has 2 rings (SSSR count). The number of ether oxygens (including phenoxy) is 2. The number of rotatable bonds is 10. The molecule has 32 heavy (non-hydrogen) atoms. The second kappa shape index (κ2) is 11.5. The lowest BCUT2D eigenvalue weighted by molar-refractivity contribution is -0.146. The molecule has 1 aromatic carbocycles. The van der Waals surface area contributed by atoms with Crippen molar-refractivity contribution in [2.45, 2.75) is 95.8 Å². The van der Waals surface area contributed by atoms with Crippen LogP contribution in [0.4, 0.5) is 4.79 Å². The molecular weight excluding hydrogens is 410 g/mol.